The lowest BCUT2D eigenvalue weighted by molar-refractivity contribution is -0.137. The van der Waals surface area contributed by atoms with Gasteiger partial charge in [0.1, 0.15) is 18.1 Å². The van der Waals surface area contributed by atoms with Gasteiger partial charge < -0.3 is 9.64 Å². The number of likely N-dealkylation sites (tertiary alicyclic amines) is 1. The molecule has 2 aromatic carbocycles. The monoisotopic (exact) mass is 503 g/mol. The van der Waals surface area contributed by atoms with Crippen LogP contribution in [-0.2, 0) is 9.59 Å². The summed E-state index contributed by atoms with van der Waals surface area (Å²) in [4.78, 5) is 55.0. The second-order valence-corrected chi connectivity index (χ2v) is 8.71. The summed E-state index contributed by atoms with van der Waals surface area (Å²) in [6.45, 7) is 0.279. The van der Waals surface area contributed by atoms with Gasteiger partial charge in [-0.3, -0.25) is 30.2 Å². The number of carbonyl (C=O) groups is 4. The SMILES string of the molecule is O=C1CN(NC(=O)c2cccc(-c3n[nH]c([C@H]4CCCCN4C(=O)COc4ccccc4)n3)c2)C(=O)N1. The molecule has 0 saturated carbocycles. The molecule has 0 radical (unpaired) electrons. The van der Waals surface area contributed by atoms with Crippen molar-refractivity contribution < 1.29 is 23.9 Å². The van der Waals surface area contributed by atoms with Crippen LogP contribution in [-0.4, -0.2) is 68.5 Å². The largest absolute Gasteiger partial charge is 0.484 e. The Morgan fingerprint density at radius 1 is 1.08 bits per heavy atom. The Morgan fingerprint density at radius 3 is 2.70 bits per heavy atom. The number of aromatic nitrogens is 3. The second kappa shape index (κ2) is 10.5. The molecule has 3 aromatic rings. The molecule has 2 aliphatic heterocycles. The highest BCUT2D eigenvalue weighted by Gasteiger charge is 2.31. The van der Waals surface area contributed by atoms with Gasteiger partial charge in [-0.15, -0.1) is 0 Å². The number of urea groups is 1. The highest BCUT2D eigenvalue weighted by Crippen LogP contribution is 2.30. The Kier molecular flexibility index (Phi) is 6.79. The number of carbonyl (C=O) groups excluding carboxylic acids is 4. The van der Waals surface area contributed by atoms with Gasteiger partial charge in [-0.25, -0.2) is 14.8 Å². The van der Waals surface area contributed by atoms with Crippen molar-refractivity contribution in [3.8, 4) is 17.1 Å². The minimum absolute atomic E-state index is 0.0701. The van der Waals surface area contributed by atoms with Gasteiger partial charge in [0.05, 0.1) is 6.04 Å². The predicted octanol–water partition coefficient (Wildman–Crippen LogP) is 1.80. The number of benzene rings is 2. The van der Waals surface area contributed by atoms with Gasteiger partial charge in [0, 0.05) is 17.7 Å². The zero-order chi connectivity index (χ0) is 25.8. The Balaban J connectivity index is 1.28. The van der Waals surface area contributed by atoms with E-state index in [2.05, 4.69) is 25.9 Å². The fourth-order valence-corrected chi connectivity index (χ4v) is 4.33. The van der Waals surface area contributed by atoms with Crippen molar-refractivity contribution in [3.05, 3.63) is 66.0 Å². The van der Waals surface area contributed by atoms with Crippen LogP contribution in [0, 0.1) is 0 Å². The number of para-hydroxylation sites is 1. The summed E-state index contributed by atoms with van der Waals surface area (Å²) >= 11 is 0. The van der Waals surface area contributed by atoms with Crippen LogP contribution in [0.4, 0.5) is 4.79 Å². The normalized spacial score (nSPS) is 17.5. The van der Waals surface area contributed by atoms with Crippen molar-refractivity contribution in [2.45, 2.75) is 25.3 Å². The molecule has 0 aliphatic carbocycles. The average molecular weight is 504 g/mol. The van der Waals surface area contributed by atoms with Crippen LogP contribution in [0.25, 0.3) is 11.4 Å². The molecule has 1 aromatic heterocycles. The molecule has 3 heterocycles. The van der Waals surface area contributed by atoms with Gasteiger partial charge in [-0.05, 0) is 43.5 Å². The number of rotatable bonds is 7. The molecule has 2 fully saturated rings. The second-order valence-electron chi connectivity index (χ2n) is 8.71. The van der Waals surface area contributed by atoms with Crippen molar-refractivity contribution >= 4 is 23.8 Å². The van der Waals surface area contributed by atoms with Crippen molar-refractivity contribution in [1.82, 2.24) is 35.8 Å². The lowest BCUT2D eigenvalue weighted by Crippen LogP contribution is -2.44. The molecule has 2 aliphatic rings. The Labute approximate surface area is 212 Å². The van der Waals surface area contributed by atoms with Gasteiger partial charge in [-0.1, -0.05) is 30.3 Å². The van der Waals surface area contributed by atoms with Crippen molar-refractivity contribution in [2.24, 2.45) is 0 Å². The zero-order valence-corrected chi connectivity index (χ0v) is 19.8. The molecule has 1 atom stereocenters. The number of aromatic amines is 1. The van der Waals surface area contributed by atoms with Crippen molar-refractivity contribution in [1.29, 1.82) is 0 Å². The van der Waals surface area contributed by atoms with E-state index in [0.717, 1.165) is 24.3 Å². The van der Waals surface area contributed by atoms with Crippen LogP contribution >= 0.6 is 0 Å². The van der Waals surface area contributed by atoms with Crippen LogP contribution < -0.4 is 15.5 Å². The number of amides is 5. The van der Waals surface area contributed by atoms with E-state index in [9.17, 15) is 19.2 Å². The van der Waals surface area contributed by atoms with E-state index in [0.29, 0.717) is 29.5 Å². The van der Waals surface area contributed by atoms with Gasteiger partial charge in [0.15, 0.2) is 12.4 Å². The van der Waals surface area contributed by atoms with E-state index >= 15 is 0 Å². The number of hydrazine groups is 1. The standard InChI is InChI=1S/C25H25N7O5/c33-20-14-32(25(36)26-20)30-24(35)17-8-6-7-16(13-17)22-27-23(29-28-22)19-11-4-5-12-31(19)21(34)15-37-18-9-2-1-3-10-18/h1-3,6-10,13,19H,4-5,11-12,14-15H2,(H,30,35)(H,26,33,36)(H,27,28,29)/t19-/m1/s1. The molecule has 190 valence electrons. The topological polar surface area (TPSA) is 150 Å². The zero-order valence-electron chi connectivity index (χ0n) is 19.8. The minimum atomic E-state index is -0.686. The number of imide groups is 1. The molecule has 0 spiro atoms. The number of H-pyrrole nitrogens is 1. The first-order chi connectivity index (χ1) is 18.0. The number of hydrogen-bond donors (Lipinski definition) is 3. The fourth-order valence-electron chi connectivity index (χ4n) is 4.33. The number of ether oxygens (including phenoxy) is 1. The number of nitrogens with one attached hydrogen (secondary N) is 3. The summed E-state index contributed by atoms with van der Waals surface area (Å²) in [5.74, 6) is 0.392. The smallest absolute Gasteiger partial charge is 0.343 e. The molecular formula is C25H25N7O5. The number of nitrogens with zero attached hydrogens (tertiary/aromatic N) is 4. The molecule has 12 heteroatoms. The Bertz CT molecular complexity index is 1330. The highest BCUT2D eigenvalue weighted by atomic mass is 16.5. The Morgan fingerprint density at radius 2 is 1.92 bits per heavy atom. The molecule has 37 heavy (non-hydrogen) atoms. The lowest BCUT2D eigenvalue weighted by atomic mass is 10.0. The van der Waals surface area contributed by atoms with E-state index in [1.54, 1.807) is 41.3 Å². The first-order valence-electron chi connectivity index (χ1n) is 11.9. The predicted molar refractivity (Wildman–Crippen MR) is 130 cm³/mol. The molecular weight excluding hydrogens is 478 g/mol. The van der Waals surface area contributed by atoms with E-state index < -0.39 is 17.8 Å². The van der Waals surface area contributed by atoms with Crippen LogP contribution in [0.1, 0.15) is 41.5 Å². The summed E-state index contributed by atoms with van der Waals surface area (Å²) in [5, 5.41) is 10.3. The summed E-state index contributed by atoms with van der Waals surface area (Å²) in [7, 11) is 0. The number of piperidine rings is 1. The van der Waals surface area contributed by atoms with E-state index in [1.165, 1.54) is 0 Å². The first kappa shape index (κ1) is 24.0. The van der Waals surface area contributed by atoms with E-state index in [4.69, 9.17) is 4.74 Å². The van der Waals surface area contributed by atoms with Crippen LogP contribution in [0.5, 0.6) is 5.75 Å². The maximum Gasteiger partial charge on any atom is 0.343 e. The third-order valence-corrected chi connectivity index (χ3v) is 6.16. The fraction of sp³-hybridized carbons (Fsp3) is 0.280. The average Bonchev–Trinajstić information content (AvgIpc) is 3.54. The molecule has 5 rings (SSSR count). The third kappa shape index (κ3) is 5.42. The van der Waals surface area contributed by atoms with Gasteiger partial charge in [0.2, 0.25) is 5.91 Å². The summed E-state index contributed by atoms with van der Waals surface area (Å²) in [6.07, 6.45) is 2.59. The maximum atomic E-state index is 13.0. The first-order valence-corrected chi connectivity index (χ1v) is 11.9. The van der Waals surface area contributed by atoms with Crippen LogP contribution in [0.2, 0.25) is 0 Å². The van der Waals surface area contributed by atoms with Gasteiger partial charge in [-0.2, -0.15) is 5.10 Å². The van der Waals surface area contributed by atoms with Crippen molar-refractivity contribution in [2.75, 3.05) is 19.7 Å². The minimum Gasteiger partial charge on any atom is -0.484 e. The molecule has 2 saturated heterocycles. The lowest BCUT2D eigenvalue weighted by Gasteiger charge is -2.34. The molecule has 3 N–H and O–H groups in total. The summed E-state index contributed by atoms with van der Waals surface area (Å²) < 4.78 is 5.65. The van der Waals surface area contributed by atoms with Crippen LogP contribution in [0.3, 0.4) is 0 Å². The molecule has 0 unspecified atom stereocenters. The molecule has 5 amide bonds. The Hall–Kier alpha value is -4.74. The van der Waals surface area contributed by atoms with E-state index in [-0.39, 0.29) is 30.7 Å². The molecule has 0 bridgehead atoms. The van der Waals surface area contributed by atoms with Crippen LogP contribution in [0.15, 0.2) is 54.6 Å². The summed E-state index contributed by atoms with van der Waals surface area (Å²) in [5.41, 5.74) is 3.26. The summed E-state index contributed by atoms with van der Waals surface area (Å²) in [6, 6.07) is 14.8. The third-order valence-electron chi connectivity index (χ3n) is 6.16. The molecule has 12 nitrogen and oxygen atoms in total. The van der Waals surface area contributed by atoms with Crippen molar-refractivity contribution in [3.63, 3.8) is 0 Å². The maximum absolute atomic E-state index is 13.0. The van der Waals surface area contributed by atoms with E-state index in [1.807, 2.05) is 18.2 Å². The van der Waals surface area contributed by atoms with Gasteiger partial charge >= 0.3 is 6.03 Å². The van der Waals surface area contributed by atoms with Gasteiger partial charge in [0.25, 0.3) is 11.8 Å². The number of hydrogen-bond acceptors (Lipinski definition) is 7. The highest BCUT2D eigenvalue weighted by molar-refractivity contribution is 6.04. The quantitative estimate of drug-likeness (QED) is 0.416.